The van der Waals surface area contributed by atoms with Crippen molar-refractivity contribution in [1.29, 1.82) is 0 Å². The summed E-state index contributed by atoms with van der Waals surface area (Å²) in [6.07, 6.45) is 1.41. The highest BCUT2D eigenvalue weighted by Crippen LogP contribution is 2.38. The summed E-state index contributed by atoms with van der Waals surface area (Å²) in [6.45, 7) is 5.33. The minimum absolute atomic E-state index is 0.0447. The van der Waals surface area contributed by atoms with Crippen molar-refractivity contribution < 1.29 is 22.8 Å². The molecule has 37 heavy (non-hydrogen) atoms. The molecule has 2 bridgehead atoms. The molecular formula is C25H32N6O5S. The van der Waals surface area contributed by atoms with Gasteiger partial charge in [0.15, 0.2) is 5.82 Å². The maximum absolute atomic E-state index is 12.2. The van der Waals surface area contributed by atoms with Crippen molar-refractivity contribution in [2.45, 2.75) is 38.5 Å². The van der Waals surface area contributed by atoms with Crippen LogP contribution in [0.3, 0.4) is 0 Å². The zero-order chi connectivity index (χ0) is 26.3. The van der Waals surface area contributed by atoms with E-state index in [1.807, 2.05) is 44.2 Å². The maximum Gasteiger partial charge on any atom is 0.211 e. The minimum Gasteiger partial charge on any atom is -0.491 e. The number of hydrogen-bond donors (Lipinski definition) is 2. The molecular weight excluding hydrogens is 496 g/mol. The highest BCUT2D eigenvalue weighted by molar-refractivity contribution is 7.88. The summed E-state index contributed by atoms with van der Waals surface area (Å²) in [4.78, 5) is 11.9. The van der Waals surface area contributed by atoms with Gasteiger partial charge in [-0.3, -0.25) is 0 Å². The zero-order valence-corrected chi connectivity index (χ0v) is 22.2. The summed E-state index contributed by atoms with van der Waals surface area (Å²) in [5.41, 5.74) is 3.00. The van der Waals surface area contributed by atoms with E-state index in [1.165, 1.54) is 6.26 Å². The molecule has 12 heteroatoms. The topological polar surface area (TPSA) is 134 Å². The second kappa shape index (κ2) is 10.0. The van der Waals surface area contributed by atoms with Gasteiger partial charge in [0.1, 0.15) is 30.0 Å². The quantitative estimate of drug-likeness (QED) is 0.422. The second-order valence-electron chi connectivity index (χ2n) is 9.71. The Morgan fingerprint density at radius 1 is 1.22 bits per heavy atom. The molecule has 1 unspecified atom stereocenters. The Balaban J connectivity index is 1.50. The van der Waals surface area contributed by atoms with Crippen molar-refractivity contribution in [2.75, 3.05) is 44.4 Å². The lowest BCUT2D eigenvalue weighted by Crippen LogP contribution is -2.48. The lowest BCUT2D eigenvalue weighted by atomic mass is 10.1. The fraction of sp³-hybridized carbons (Fsp3) is 0.480. The van der Waals surface area contributed by atoms with E-state index in [1.54, 1.807) is 11.4 Å². The molecule has 198 valence electrons. The van der Waals surface area contributed by atoms with Crippen molar-refractivity contribution in [3.63, 3.8) is 0 Å². The first-order valence-corrected chi connectivity index (χ1v) is 14.1. The van der Waals surface area contributed by atoms with E-state index < -0.39 is 16.1 Å². The summed E-state index contributed by atoms with van der Waals surface area (Å²) in [6, 6.07) is 9.36. The van der Waals surface area contributed by atoms with E-state index in [2.05, 4.69) is 15.4 Å². The molecule has 0 saturated carbocycles. The van der Waals surface area contributed by atoms with Crippen LogP contribution in [0.15, 0.2) is 34.9 Å². The summed E-state index contributed by atoms with van der Waals surface area (Å²) in [5.74, 6) is 2.51. The van der Waals surface area contributed by atoms with Crippen LogP contribution in [0.4, 0.5) is 5.82 Å². The third-order valence-corrected chi connectivity index (χ3v) is 8.19. The molecule has 5 rings (SSSR count). The van der Waals surface area contributed by atoms with E-state index in [4.69, 9.17) is 19.2 Å². The maximum atomic E-state index is 12.2. The number of likely N-dealkylation sites (N-methyl/N-ethyl adjacent to an activating group) is 1. The van der Waals surface area contributed by atoms with Gasteiger partial charge in [-0.05, 0) is 39.4 Å². The van der Waals surface area contributed by atoms with Crippen molar-refractivity contribution in [3.05, 3.63) is 41.8 Å². The molecule has 4 heterocycles. The third kappa shape index (κ3) is 5.19. The number of rotatable bonds is 9. The molecule has 2 aliphatic heterocycles. The Hall–Kier alpha value is -3.06. The Morgan fingerprint density at radius 3 is 2.68 bits per heavy atom. The zero-order valence-electron chi connectivity index (χ0n) is 21.4. The number of aryl methyl sites for hydroxylation is 2. The van der Waals surface area contributed by atoms with Crippen LogP contribution in [0.1, 0.15) is 17.9 Å². The number of aliphatic hydroxyl groups excluding tert-OH is 1. The number of anilines is 1. The van der Waals surface area contributed by atoms with Gasteiger partial charge in [-0.1, -0.05) is 17.3 Å². The Kier molecular flexibility index (Phi) is 6.92. The molecule has 2 saturated heterocycles. The molecule has 2 N–H and O–H groups in total. The number of nitrogens with zero attached hydrogens (tertiary/aromatic N) is 5. The van der Waals surface area contributed by atoms with Crippen LogP contribution in [0.5, 0.6) is 5.75 Å². The lowest BCUT2D eigenvalue weighted by molar-refractivity contribution is 0.108. The van der Waals surface area contributed by atoms with E-state index >= 15 is 0 Å². The summed E-state index contributed by atoms with van der Waals surface area (Å²) in [5, 5.41) is 17.0. The number of nitrogens with one attached hydrogen (secondary N) is 1. The van der Waals surface area contributed by atoms with Gasteiger partial charge in [-0.25, -0.2) is 18.4 Å². The Bertz CT molecular complexity index is 1370. The fourth-order valence-corrected chi connectivity index (χ4v) is 6.35. The third-order valence-electron chi connectivity index (χ3n) is 6.89. The van der Waals surface area contributed by atoms with Gasteiger partial charge in [0, 0.05) is 43.3 Å². The van der Waals surface area contributed by atoms with Crippen LogP contribution in [-0.2, 0) is 10.0 Å². The van der Waals surface area contributed by atoms with Gasteiger partial charge in [0.05, 0.1) is 23.2 Å². The van der Waals surface area contributed by atoms with Crippen molar-refractivity contribution in [3.8, 4) is 28.4 Å². The van der Waals surface area contributed by atoms with E-state index in [0.717, 1.165) is 29.1 Å². The Labute approximate surface area is 216 Å². The first-order chi connectivity index (χ1) is 17.6. The van der Waals surface area contributed by atoms with Crippen LogP contribution >= 0.6 is 0 Å². The van der Waals surface area contributed by atoms with Gasteiger partial charge in [0.2, 0.25) is 10.0 Å². The largest absolute Gasteiger partial charge is 0.491 e. The van der Waals surface area contributed by atoms with Crippen LogP contribution in [0.25, 0.3) is 22.6 Å². The molecule has 2 aromatic heterocycles. The molecule has 0 spiro atoms. The average molecular weight is 529 g/mol. The summed E-state index contributed by atoms with van der Waals surface area (Å²) < 4.78 is 37.2. The smallest absolute Gasteiger partial charge is 0.211 e. The average Bonchev–Trinajstić information content (AvgIpc) is 3.57. The lowest BCUT2D eigenvalue weighted by Gasteiger charge is -2.33. The number of hydrogen-bond acceptors (Lipinski definition) is 10. The predicted octanol–water partition coefficient (Wildman–Crippen LogP) is 1.60. The normalized spacial score (nSPS) is 20.5. The fourth-order valence-electron chi connectivity index (χ4n) is 5.22. The number of aromatic nitrogens is 3. The van der Waals surface area contributed by atoms with Crippen molar-refractivity contribution in [2.24, 2.45) is 0 Å². The van der Waals surface area contributed by atoms with Gasteiger partial charge < -0.3 is 24.6 Å². The molecule has 0 aliphatic carbocycles. The van der Waals surface area contributed by atoms with Gasteiger partial charge in [0.25, 0.3) is 0 Å². The minimum atomic E-state index is -3.25. The van der Waals surface area contributed by atoms with Gasteiger partial charge >= 0.3 is 0 Å². The molecule has 2 fully saturated rings. The van der Waals surface area contributed by atoms with Gasteiger partial charge in [-0.2, -0.15) is 4.31 Å². The summed E-state index contributed by atoms with van der Waals surface area (Å²) in [7, 11) is -1.47. The van der Waals surface area contributed by atoms with E-state index in [9.17, 15) is 13.5 Å². The molecule has 3 aromatic rings. The molecule has 11 nitrogen and oxygen atoms in total. The monoisotopic (exact) mass is 528 g/mol. The van der Waals surface area contributed by atoms with E-state index in [0.29, 0.717) is 42.7 Å². The number of piperazine rings is 1. The standard InChI is InChI=1S/C25H32N6O5S/c1-15-24(16(2)36-29-15)22-10-23(30-12-19-9-18(30)13-31(19)37(4,33)34)28-25(27-22)17-6-5-7-21(8-17)35-14-20(32)11-26-3/h5-8,10,18-20,26,32H,9,11-14H2,1-4H3/t18-,19-,20?/m0/s1. The first kappa shape index (κ1) is 25.6. The summed E-state index contributed by atoms with van der Waals surface area (Å²) >= 11 is 0. The molecule has 2 aliphatic rings. The second-order valence-corrected chi connectivity index (χ2v) is 11.6. The molecule has 0 amide bonds. The van der Waals surface area contributed by atoms with E-state index in [-0.39, 0.29) is 18.7 Å². The number of benzene rings is 1. The van der Waals surface area contributed by atoms with Gasteiger partial charge in [-0.15, -0.1) is 0 Å². The van der Waals surface area contributed by atoms with Crippen LogP contribution in [0.2, 0.25) is 0 Å². The first-order valence-electron chi connectivity index (χ1n) is 12.3. The molecule has 0 radical (unpaired) electrons. The molecule has 3 atom stereocenters. The van der Waals surface area contributed by atoms with Crippen LogP contribution in [-0.4, -0.2) is 90.7 Å². The predicted molar refractivity (Wildman–Crippen MR) is 139 cm³/mol. The number of sulfonamides is 1. The van der Waals surface area contributed by atoms with Crippen molar-refractivity contribution in [1.82, 2.24) is 24.7 Å². The highest BCUT2D eigenvalue weighted by Gasteiger charge is 2.47. The van der Waals surface area contributed by atoms with Crippen LogP contribution in [0, 0.1) is 13.8 Å². The highest BCUT2D eigenvalue weighted by atomic mass is 32.2. The Morgan fingerprint density at radius 2 is 2.03 bits per heavy atom. The molecule has 1 aromatic carbocycles. The van der Waals surface area contributed by atoms with Crippen LogP contribution < -0.4 is 15.0 Å². The number of fused-ring (bicyclic) bond motifs is 2. The number of ether oxygens (including phenoxy) is 1. The SMILES string of the molecule is CNCC(O)COc1cccc(-c2nc(-c3c(C)noc3C)cc(N3C[C@@H]4C[C@H]3CN4S(C)(=O)=O)n2)c1. The number of aliphatic hydroxyl groups is 1. The van der Waals surface area contributed by atoms with Crippen molar-refractivity contribution >= 4 is 15.8 Å².